The molecule has 0 aliphatic heterocycles. The Balaban J connectivity index is 2.67. The van der Waals surface area contributed by atoms with Crippen LogP contribution in [0, 0.1) is 0 Å². The van der Waals surface area contributed by atoms with Gasteiger partial charge in [0.1, 0.15) is 0 Å². The molecule has 0 saturated heterocycles. The standard InChI is InChI=1S/C14H17BrO4/c1-3-18-14(19-4-2)13(17)9-12(16)10-6-5-7-11(15)8-10/h5-8,14H,3-4,9H2,1-2H3. The summed E-state index contributed by atoms with van der Waals surface area (Å²) in [6.07, 6.45) is -1.17. The van der Waals surface area contributed by atoms with E-state index in [1.54, 1.807) is 32.0 Å². The van der Waals surface area contributed by atoms with Crippen LogP contribution in [-0.2, 0) is 14.3 Å². The summed E-state index contributed by atoms with van der Waals surface area (Å²) >= 11 is 3.29. The molecule has 1 rings (SSSR count). The minimum absolute atomic E-state index is 0.221. The molecule has 1 aromatic carbocycles. The molecular formula is C14H17BrO4. The van der Waals surface area contributed by atoms with Gasteiger partial charge in [0.15, 0.2) is 11.6 Å². The van der Waals surface area contributed by atoms with Crippen LogP contribution in [-0.4, -0.2) is 31.1 Å². The molecule has 4 nitrogen and oxygen atoms in total. The molecule has 0 unspecified atom stereocenters. The first-order valence-corrected chi connectivity index (χ1v) is 6.92. The summed E-state index contributed by atoms with van der Waals surface area (Å²) in [6.45, 7) is 4.27. The Morgan fingerprint density at radius 3 is 2.37 bits per heavy atom. The highest BCUT2D eigenvalue weighted by Gasteiger charge is 2.22. The monoisotopic (exact) mass is 328 g/mol. The highest BCUT2D eigenvalue weighted by atomic mass is 79.9. The average molecular weight is 329 g/mol. The highest BCUT2D eigenvalue weighted by Crippen LogP contribution is 2.14. The van der Waals surface area contributed by atoms with E-state index in [1.807, 2.05) is 6.07 Å². The number of hydrogen-bond acceptors (Lipinski definition) is 4. The number of ether oxygens (including phenoxy) is 2. The first kappa shape index (κ1) is 16.0. The number of carbonyl (C=O) groups excluding carboxylic acids is 2. The normalized spacial score (nSPS) is 10.7. The highest BCUT2D eigenvalue weighted by molar-refractivity contribution is 9.10. The zero-order valence-corrected chi connectivity index (χ0v) is 12.6. The topological polar surface area (TPSA) is 52.6 Å². The van der Waals surface area contributed by atoms with Crippen molar-refractivity contribution in [3.05, 3.63) is 34.3 Å². The SMILES string of the molecule is CCOC(OCC)C(=O)CC(=O)c1cccc(Br)c1. The predicted octanol–water partition coefficient (Wildman–Crippen LogP) is 2.99. The largest absolute Gasteiger partial charge is 0.346 e. The summed E-state index contributed by atoms with van der Waals surface area (Å²) < 4.78 is 11.1. The summed E-state index contributed by atoms with van der Waals surface area (Å²) in [5.41, 5.74) is 0.495. The lowest BCUT2D eigenvalue weighted by molar-refractivity contribution is -0.166. The van der Waals surface area contributed by atoms with Crippen molar-refractivity contribution in [3.63, 3.8) is 0 Å². The number of hydrogen-bond donors (Lipinski definition) is 0. The Bertz CT molecular complexity index is 439. The fourth-order valence-corrected chi connectivity index (χ4v) is 1.94. The molecule has 0 aromatic heterocycles. The number of halogens is 1. The van der Waals surface area contributed by atoms with Crippen molar-refractivity contribution in [1.82, 2.24) is 0 Å². The van der Waals surface area contributed by atoms with E-state index in [9.17, 15) is 9.59 Å². The van der Waals surface area contributed by atoms with Crippen LogP contribution in [0.15, 0.2) is 28.7 Å². The van der Waals surface area contributed by atoms with E-state index < -0.39 is 6.29 Å². The van der Waals surface area contributed by atoms with Gasteiger partial charge in [-0.1, -0.05) is 28.1 Å². The van der Waals surface area contributed by atoms with Gasteiger partial charge in [0.05, 0.1) is 6.42 Å². The summed E-state index contributed by atoms with van der Waals surface area (Å²) in [4.78, 5) is 23.9. The Hall–Kier alpha value is -1.04. The molecule has 0 N–H and O–H groups in total. The molecule has 0 saturated carbocycles. The van der Waals surface area contributed by atoms with E-state index in [0.29, 0.717) is 18.8 Å². The Labute approximate surface area is 121 Å². The van der Waals surface area contributed by atoms with Crippen molar-refractivity contribution in [2.24, 2.45) is 0 Å². The van der Waals surface area contributed by atoms with Crippen LogP contribution in [0.1, 0.15) is 30.6 Å². The smallest absolute Gasteiger partial charge is 0.218 e. The van der Waals surface area contributed by atoms with Crippen LogP contribution in [0.2, 0.25) is 0 Å². The third-order valence-corrected chi connectivity index (χ3v) is 2.87. The van der Waals surface area contributed by atoms with Crippen molar-refractivity contribution in [2.75, 3.05) is 13.2 Å². The molecule has 104 valence electrons. The molecule has 19 heavy (non-hydrogen) atoms. The van der Waals surface area contributed by atoms with E-state index in [4.69, 9.17) is 9.47 Å². The summed E-state index contributed by atoms with van der Waals surface area (Å²) in [6, 6.07) is 6.94. The fraction of sp³-hybridized carbons (Fsp3) is 0.429. The van der Waals surface area contributed by atoms with Crippen molar-refractivity contribution in [1.29, 1.82) is 0 Å². The number of ketones is 2. The molecule has 0 amide bonds. The van der Waals surface area contributed by atoms with Gasteiger partial charge in [0.25, 0.3) is 0 Å². The summed E-state index contributed by atoms with van der Waals surface area (Å²) in [5, 5.41) is 0. The number of Topliss-reactive ketones (excluding diaryl/α,β-unsaturated/α-hetero) is 2. The Kier molecular flexibility index (Phi) is 6.91. The van der Waals surface area contributed by atoms with Gasteiger partial charge in [0, 0.05) is 23.2 Å². The van der Waals surface area contributed by atoms with Crippen LogP contribution in [0.4, 0.5) is 0 Å². The molecule has 0 fully saturated rings. The van der Waals surface area contributed by atoms with Gasteiger partial charge in [-0.05, 0) is 26.0 Å². The third-order valence-electron chi connectivity index (χ3n) is 2.38. The number of benzene rings is 1. The third kappa shape index (κ3) is 5.22. The summed E-state index contributed by atoms with van der Waals surface area (Å²) in [7, 11) is 0. The number of rotatable bonds is 8. The molecule has 0 aliphatic carbocycles. The fourth-order valence-electron chi connectivity index (χ4n) is 1.54. The maximum absolute atomic E-state index is 12.0. The van der Waals surface area contributed by atoms with Gasteiger partial charge in [-0.2, -0.15) is 0 Å². The van der Waals surface area contributed by atoms with E-state index in [-0.39, 0.29) is 18.0 Å². The first-order chi connectivity index (χ1) is 9.08. The van der Waals surface area contributed by atoms with Gasteiger partial charge in [0.2, 0.25) is 6.29 Å². The molecular weight excluding hydrogens is 312 g/mol. The second-order valence-electron chi connectivity index (χ2n) is 3.82. The van der Waals surface area contributed by atoms with Crippen molar-refractivity contribution in [3.8, 4) is 0 Å². The molecule has 0 bridgehead atoms. The van der Waals surface area contributed by atoms with E-state index in [2.05, 4.69) is 15.9 Å². The molecule has 1 aromatic rings. The van der Waals surface area contributed by atoms with E-state index >= 15 is 0 Å². The van der Waals surface area contributed by atoms with Crippen molar-refractivity contribution in [2.45, 2.75) is 26.6 Å². The molecule has 0 radical (unpaired) electrons. The molecule has 0 spiro atoms. The van der Waals surface area contributed by atoms with Gasteiger partial charge >= 0.3 is 0 Å². The minimum Gasteiger partial charge on any atom is -0.346 e. The van der Waals surface area contributed by atoms with E-state index in [0.717, 1.165) is 4.47 Å². The maximum atomic E-state index is 12.0. The lowest BCUT2D eigenvalue weighted by atomic mass is 10.1. The van der Waals surface area contributed by atoms with Crippen LogP contribution in [0.25, 0.3) is 0 Å². The van der Waals surface area contributed by atoms with Gasteiger partial charge < -0.3 is 9.47 Å². The maximum Gasteiger partial charge on any atom is 0.218 e. The Morgan fingerprint density at radius 2 is 1.84 bits per heavy atom. The van der Waals surface area contributed by atoms with Crippen LogP contribution in [0.5, 0.6) is 0 Å². The van der Waals surface area contributed by atoms with Crippen LogP contribution in [0.3, 0.4) is 0 Å². The lowest BCUT2D eigenvalue weighted by Gasteiger charge is -2.15. The lowest BCUT2D eigenvalue weighted by Crippen LogP contribution is -2.29. The van der Waals surface area contributed by atoms with E-state index in [1.165, 1.54) is 0 Å². The van der Waals surface area contributed by atoms with Crippen molar-refractivity contribution >= 4 is 27.5 Å². The van der Waals surface area contributed by atoms with Crippen LogP contribution < -0.4 is 0 Å². The molecule has 0 atom stereocenters. The number of carbonyl (C=O) groups is 2. The second kappa shape index (κ2) is 8.19. The van der Waals surface area contributed by atoms with Gasteiger partial charge in [-0.15, -0.1) is 0 Å². The zero-order valence-electron chi connectivity index (χ0n) is 11.0. The zero-order chi connectivity index (χ0) is 14.3. The first-order valence-electron chi connectivity index (χ1n) is 6.13. The quantitative estimate of drug-likeness (QED) is 0.418. The molecule has 5 heteroatoms. The van der Waals surface area contributed by atoms with Gasteiger partial charge in [-0.25, -0.2) is 0 Å². The minimum atomic E-state index is -0.953. The molecule has 0 heterocycles. The van der Waals surface area contributed by atoms with Crippen molar-refractivity contribution < 1.29 is 19.1 Å². The van der Waals surface area contributed by atoms with Crippen LogP contribution >= 0.6 is 15.9 Å². The summed E-state index contributed by atoms with van der Waals surface area (Å²) in [5.74, 6) is -0.593. The molecule has 0 aliphatic rings. The van der Waals surface area contributed by atoms with Gasteiger partial charge in [-0.3, -0.25) is 9.59 Å². The average Bonchev–Trinajstić information content (AvgIpc) is 2.38. The second-order valence-corrected chi connectivity index (χ2v) is 4.73. The Morgan fingerprint density at radius 1 is 1.21 bits per heavy atom. The predicted molar refractivity (Wildman–Crippen MR) is 75.1 cm³/mol.